The first kappa shape index (κ1) is 12.9. The van der Waals surface area contributed by atoms with Crippen LogP contribution in [0.3, 0.4) is 0 Å². The summed E-state index contributed by atoms with van der Waals surface area (Å²) in [7, 11) is 1.61. The third kappa shape index (κ3) is 4.07. The third-order valence-electron chi connectivity index (χ3n) is 2.48. The molecule has 1 aromatic carbocycles. The molecule has 0 aliphatic rings. The molecule has 0 unspecified atom stereocenters. The van der Waals surface area contributed by atoms with Crippen molar-refractivity contribution in [3.63, 3.8) is 0 Å². The zero-order valence-electron chi connectivity index (χ0n) is 9.72. The van der Waals surface area contributed by atoms with Gasteiger partial charge in [-0.15, -0.1) is 0 Å². The average molecular weight is 230 g/mol. The van der Waals surface area contributed by atoms with Crippen LogP contribution in [0.25, 0.3) is 0 Å². The molecule has 0 fully saturated rings. The smallest absolute Gasteiger partial charge is 0.223 e. The molecule has 0 radical (unpaired) electrons. The van der Waals surface area contributed by atoms with E-state index in [0.29, 0.717) is 24.7 Å². The van der Waals surface area contributed by atoms with Crippen LogP contribution in [-0.2, 0) is 16.0 Å². The lowest BCUT2D eigenvalue weighted by Crippen LogP contribution is -2.28. The van der Waals surface area contributed by atoms with Gasteiger partial charge in [0, 0.05) is 13.5 Å². The van der Waals surface area contributed by atoms with Crippen molar-refractivity contribution in [2.45, 2.75) is 12.8 Å². The van der Waals surface area contributed by atoms with Crippen LogP contribution in [0, 0.1) is 11.3 Å². The maximum atomic E-state index is 11.5. The van der Waals surface area contributed by atoms with E-state index in [-0.39, 0.29) is 12.5 Å². The molecule has 0 spiro atoms. The highest BCUT2D eigenvalue weighted by Crippen LogP contribution is 2.06. The van der Waals surface area contributed by atoms with Gasteiger partial charge in [0.25, 0.3) is 0 Å². The van der Waals surface area contributed by atoms with Crippen molar-refractivity contribution in [3.8, 4) is 6.07 Å². The molecule has 0 atom stereocenters. The minimum Gasteiger partial charge on any atom is -0.339 e. The van der Waals surface area contributed by atoms with Gasteiger partial charge in [0.15, 0.2) is 0 Å². The lowest BCUT2D eigenvalue weighted by Gasteiger charge is -2.13. The fraction of sp³-hybridized carbons (Fsp3) is 0.308. The summed E-state index contributed by atoms with van der Waals surface area (Å²) in [5, 5.41) is 8.63. The zero-order valence-corrected chi connectivity index (χ0v) is 9.72. The summed E-state index contributed by atoms with van der Waals surface area (Å²) in [6.07, 6.45) is 1.70. The molecule has 1 rings (SSSR count). The van der Waals surface area contributed by atoms with Gasteiger partial charge in [-0.2, -0.15) is 5.26 Å². The van der Waals surface area contributed by atoms with Crippen LogP contribution in [0.1, 0.15) is 17.5 Å². The van der Waals surface area contributed by atoms with Crippen molar-refractivity contribution in [2.75, 3.05) is 13.6 Å². The van der Waals surface area contributed by atoms with Crippen LogP contribution in [0.5, 0.6) is 0 Å². The van der Waals surface area contributed by atoms with Crippen LogP contribution in [0.15, 0.2) is 24.3 Å². The first-order valence-corrected chi connectivity index (χ1v) is 5.34. The maximum Gasteiger partial charge on any atom is 0.223 e. The fourth-order valence-corrected chi connectivity index (χ4v) is 1.40. The molecule has 0 aliphatic heterocycles. The first-order valence-electron chi connectivity index (χ1n) is 5.34. The number of amides is 1. The van der Waals surface area contributed by atoms with Crippen molar-refractivity contribution in [1.82, 2.24) is 4.90 Å². The quantitative estimate of drug-likeness (QED) is 0.713. The second-order valence-corrected chi connectivity index (χ2v) is 3.75. The van der Waals surface area contributed by atoms with Gasteiger partial charge in [0.1, 0.15) is 6.29 Å². The van der Waals surface area contributed by atoms with E-state index in [1.165, 1.54) is 4.90 Å². The lowest BCUT2D eigenvalue weighted by molar-refractivity contribution is -0.131. The summed E-state index contributed by atoms with van der Waals surface area (Å²) in [5.74, 6) is -0.0542. The fourth-order valence-electron chi connectivity index (χ4n) is 1.40. The van der Waals surface area contributed by atoms with E-state index in [0.717, 1.165) is 5.56 Å². The van der Waals surface area contributed by atoms with E-state index in [1.807, 2.05) is 18.2 Å². The van der Waals surface area contributed by atoms with E-state index in [2.05, 4.69) is 0 Å². The minimum absolute atomic E-state index is 0.0542. The Morgan fingerprint density at radius 1 is 1.41 bits per heavy atom. The number of hydrogen-bond donors (Lipinski definition) is 0. The van der Waals surface area contributed by atoms with Gasteiger partial charge >= 0.3 is 0 Å². The number of aldehydes is 1. The van der Waals surface area contributed by atoms with Crippen molar-refractivity contribution in [3.05, 3.63) is 35.4 Å². The molecule has 0 N–H and O–H groups in total. The Kier molecular flexibility index (Phi) is 4.89. The van der Waals surface area contributed by atoms with Gasteiger partial charge in [0.05, 0.1) is 18.2 Å². The van der Waals surface area contributed by atoms with Crippen molar-refractivity contribution in [2.24, 2.45) is 0 Å². The predicted molar refractivity (Wildman–Crippen MR) is 63.2 cm³/mol. The Morgan fingerprint density at radius 2 is 2.06 bits per heavy atom. The SMILES string of the molecule is CN(CC=O)C(=O)CCc1ccc(C#N)cc1. The molecule has 0 bridgehead atoms. The minimum atomic E-state index is -0.0542. The number of carbonyl (C=O) groups is 2. The van der Waals surface area contributed by atoms with Crippen LogP contribution in [0.4, 0.5) is 0 Å². The van der Waals surface area contributed by atoms with Crippen LogP contribution in [0.2, 0.25) is 0 Å². The Hall–Kier alpha value is -2.15. The van der Waals surface area contributed by atoms with E-state index in [1.54, 1.807) is 19.2 Å². The molecule has 17 heavy (non-hydrogen) atoms. The monoisotopic (exact) mass is 230 g/mol. The molecule has 0 saturated carbocycles. The maximum absolute atomic E-state index is 11.5. The van der Waals surface area contributed by atoms with E-state index in [9.17, 15) is 9.59 Å². The normalized spacial score (nSPS) is 9.41. The summed E-state index contributed by atoms with van der Waals surface area (Å²) in [5.41, 5.74) is 1.62. The number of benzene rings is 1. The second kappa shape index (κ2) is 6.44. The highest BCUT2D eigenvalue weighted by Gasteiger charge is 2.07. The molecule has 0 saturated heterocycles. The van der Waals surface area contributed by atoms with Gasteiger partial charge < -0.3 is 9.69 Å². The van der Waals surface area contributed by atoms with Crippen molar-refractivity contribution >= 4 is 12.2 Å². The van der Waals surface area contributed by atoms with Gasteiger partial charge in [0.2, 0.25) is 5.91 Å². The van der Waals surface area contributed by atoms with Gasteiger partial charge in [-0.25, -0.2) is 0 Å². The van der Waals surface area contributed by atoms with Crippen LogP contribution < -0.4 is 0 Å². The van der Waals surface area contributed by atoms with Crippen molar-refractivity contribution < 1.29 is 9.59 Å². The Balaban J connectivity index is 2.47. The number of likely N-dealkylation sites (N-methyl/N-ethyl adjacent to an activating group) is 1. The highest BCUT2D eigenvalue weighted by atomic mass is 16.2. The molecule has 0 aromatic heterocycles. The number of carbonyl (C=O) groups excluding carboxylic acids is 2. The Morgan fingerprint density at radius 3 is 2.59 bits per heavy atom. The second-order valence-electron chi connectivity index (χ2n) is 3.75. The molecular weight excluding hydrogens is 216 g/mol. The number of aryl methyl sites for hydroxylation is 1. The molecule has 88 valence electrons. The topological polar surface area (TPSA) is 61.2 Å². The Bertz CT molecular complexity index is 432. The van der Waals surface area contributed by atoms with E-state index in [4.69, 9.17) is 5.26 Å². The number of rotatable bonds is 5. The van der Waals surface area contributed by atoms with Gasteiger partial charge in [-0.05, 0) is 24.1 Å². The first-order chi connectivity index (χ1) is 8.17. The number of nitriles is 1. The molecular formula is C13H14N2O2. The third-order valence-corrected chi connectivity index (χ3v) is 2.48. The summed E-state index contributed by atoms with van der Waals surface area (Å²) in [6, 6.07) is 9.18. The molecule has 4 nitrogen and oxygen atoms in total. The van der Waals surface area contributed by atoms with Crippen LogP contribution >= 0.6 is 0 Å². The summed E-state index contributed by atoms with van der Waals surface area (Å²) >= 11 is 0. The summed E-state index contributed by atoms with van der Waals surface area (Å²) in [4.78, 5) is 23.2. The largest absolute Gasteiger partial charge is 0.339 e. The lowest BCUT2D eigenvalue weighted by atomic mass is 10.1. The van der Waals surface area contributed by atoms with Gasteiger partial charge in [-0.3, -0.25) is 4.79 Å². The standard InChI is InChI=1S/C13H14N2O2/c1-15(8-9-16)13(17)7-6-11-2-4-12(10-14)5-3-11/h2-5,9H,6-8H2,1H3. The van der Waals surface area contributed by atoms with Gasteiger partial charge in [-0.1, -0.05) is 12.1 Å². The zero-order chi connectivity index (χ0) is 12.7. The molecule has 0 heterocycles. The highest BCUT2D eigenvalue weighted by molar-refractivity contribution is 5.78. The number of hydrogen-bond acceptors (Lipinski definition) is 3. The molecule has 4 heteroatoms. The van der Waals surface area contributed by atoms with E-state index >= 15 is 0 Å². The van der Waals surface area contributed by atoms with E-state index < -0.39 is 0 Å². The summed E-state index contributed by atoms with van der Waals surface area (Å²) in [6.45, 7) is 0.131. The van der Waals surface area contributed by atoms with Crippen molar-refractivity contribution in [1.29, 1.82) is 5.26 Å². The summed E-state index contributed by atoms with van der Waals surface area (Å²) < 4.78 is 0. The average Bonchev–Trinajstić information content (AvgIpc) is 2.36. The Labute approximate surface area is 100 Å². The molecule has 0 aliphatic carbocycles. The number of nitrogens with zero attached hydrogens (tertiary/aromatic N) is 2. The predicted octanol–water partition coefficient (Wildman–Crippen LogP) is 1.15. The molecule has 1 amide bonds. The van der Waals surface area contributed by atoms with Crippen LogP contribution in [-0.4, -0.2) is 30.7 Å². The molecule has 1 aromatic rings.